The van der Waals surface area contributed by atoms with Crippen LogP contribution in [0.25, 0.3) is 0 Å². The molecule has 2 N–H and O–H groups in total. The first-order valence-corrected chi connectivity index (χ1v) is 7.46. The molecule has 0 radical (unpaired) electrons. The van der Waals surface area contributed by atoms with Crippen LogP contribution in [0.2, 0.25) is 0 Å². The third kappa shape index (κ3) is 5.68. The summed E-state index contributed by atoms with van der Waals surface area (Å²) in [6.45, 7) is 3.49. The number of nitrogens with one attached hydrogen (secondary N) is 1. The lowest BCUT2D eigenvalue weighted by Crippen LogP contribution is -2.38. The minimum Gasteiger partial charge on any atom is -0.477 e. The first-order valence-electron chi connectivity index (χ1n) is 6.64. The van der Waals surface area contributed by atoms with Gasteiger partial charge < -0.3 is 20.2 Å². The number of aryl methyl sites for hydroxylation is 1. The van der Waals surface area contributed by atoms with E-state index >= 15 is 0 Å². The van der Waals surface area contributed by atoms with Crippen LogP contribution < -0.4 is 5.32 Å². The molecule has 0 unspecified atom stereocenters. The second-order valence-corrected chi connectivity index (χ2v) is 6.15. The molecule has 21 heavy (non-hydrogen) atoms. The molecule has 8 heteroatoms. The number of urea groups is 1. The number of carboxylic acid groups (broad SMARTS) is 1. The third-order valence-electron chi connectivity index (χ3n) is 2.87. The fourth-order valence-corrected chi connectivity index (χ4v) is 2.58. The molecule has 0 spiro atoms. The van der Waals surface area contributed by atoms with E-state index in [1.54, 1.807) is 18.9 Å². The summed E-state index contributed by atoms with van der Waals surface area (Å²) in [5.74, 6) is -0.983. The lowest BCUT2D eigenvalue weighted by atomic mass is 10.4. The van der Waals surface area contributed by atoms with Crippen molar-refractivity contribution in [2.24, 2.45) is 0 Å². The molecule has 2 amide bonds. The highest BCUT2D eigenvalue weighted by atomic mass is 32.1. The van der Waals surface area contributed by atoms with Gasteiger partial charge in [0.25, 0.3) is 0 Å². The third-order valence-corrected chi connectivity index (χ3v) is 4.02. The van der Waals surface area contributed by atoms with Crippen molar-refractivity contribution in [2.45, 2.75) is 19.9 Å². The monoisotopic (exact) mass is 314 g/mol. The van der Waals surface area contributed by atoms with Gasteiger partial charge in [-0.05, 0) is 34.0 Å². The van der Waals surface area contributed by atoms with Crippen molar-refractivity contribution in [3.05, 3.63) is 15.6 Å². The molecule has 0 saturated heterocycles. The van der Waals surface area contributed by atoms with E-state index in [9.17, 15) is 9.59 Å². The minimum absolute atomic E-state index is 0.182. The van der Waals surface area contributed by atoms with Crippen molar-refractivity contribution >= 4 is 23.3 Å². The van der Waals surface area contributed by atoms with Crippen LogP contribution in [-0.2, 0) is 6.54 Å². The Kier molecular flexibility index (Phi) is 6.57. The summed E-state index contributed by atoms with van der Waals surface area (Å²) in [5.41, 5.74) is 0.482. The van der Waals surface area contributed by atoms with Gasteiger partial charge in [0.05, 0.1) is 12.2 Å². The summed E-state index contributed by atoms with van der Waals surface area (Å²) >= 11 is 1.09. The summed E-state index contributed by atoms with van der Waals surface area (Å²) in [7, 11) is 5.72. The zero-order valence-electron chi connectivity index (χ0n) is 12.8. The van der Waals surface area contributed by atoms with E-state index in [0.717, 1.165) is 24.3 Å². The van der Waals surface area contributed by atoms with E-state index in [0.29, 0.717) is 17.2 Å². The number of nitrogens with zero attached hydrogens (tertiary/aromatic N) is 3. The molecular weight excluding hydrogens is 292 g/mol. The molecule has 1 aromatic heterocycles. The summed E-state index contributed by atoms with van der Waals surface area (Å²) in [5, 5.41) is 12.3. The molecule has 1 aromatic rings. The lowest BCUT2D eigenvalue weighted by Gasteiger charge is -2.18. The number of carbonyl (C=O) groups excluding carboxylic acids is 1. The Balaban J connectivity index is 2.42. The maximum atomic E-state index is 11.9. The SMILES string of the molecule is Cc1nc(CNC(=O)N(C)CCCN(C)C)sc1C(=O)O. The van der Waals surface area contributed by atoms with Gasteiger partial charge >= 0.3 is 12.0 Å². The van der Waals surface area contributed by atoms with Gasteiger partial charge in [-0.3, -0.25) is 0 Å². The maximum Gasteiger partial charge on any atom is 0.347 e. The van der Waals surface area contributed by atoms with Crippen LogP contribution in [0.5, 0.6) is 0 Å². The first kappa shape index (κ1) is 17.4. The molecule has 1 heterocycles. The average molecular weight is 314 g/mol. The Morgan fingerprint density at radius 2 is 1.95 bits per heavy atom. The highest BCUT2D eigenvalue weighted by molar-refractivity contribution is 7.13. The normalized spacial score (nSPS) is 10.7. The Labute approximate surface area is 128 Å². The van der Waals surface area contributed by atoms with Gasteiger partial charge in [0.1, 0.15) is 9.88 Å². The number of aromatic nitrogens is 1. The van der Waals surface area contributed by atoms with Gasteiger partial charge in [-0.1, -0.05) is 0 Å². The predicted molar refractivity (Wildman–Crippen MR) is 81.8 cm³/mol. The van der Waals surface area contributed by atoms with E-state index < -0.39 is 5.97 Å². The number of carbonyl (C=O) groups is 2. The Morgan fingerprint density at radius 1 is 1.29 bits per heavy atom. The van der Waals surface area contributed by atoms with Gasteiger partial charge in [-0.15, -0.1) is 11.3 Å². The Bertz CT molecular complexity index is 502. The van der Waals surface area contributed by atoms with E-state index in [-0.39, 0.29) is 17.5 Å². The second kappa shape index (κ2) is 7.94. The number of hydrogen-bond donors (Lipinski definition) is 2. The van der Waals surface area contributed by atoms with E-state index in [1.807, 2.05) is 14.1 Å². The smallest absolute Gasteiger partial charge is 0.347 e. The summed E-state index contributed by atoms with van der Waals surface area (Å²) in [6, 6.07) is -0.182. The van der Waals surface area contributed by atoms with Gasteiger partial charge in [0.2, 0.25) is 0 Å². The van der Waals surface area contributed by atoms with E-state index in [2.05, 4.69) is 15.2 Å². The summed E-state index contributed by atoms with van der Waals surface area (Å²) in [4.78, 5) is 30.9. The van der Waals surface area contributed by atoms with Crippen molar-refractivity contribution in [2.75, 3.05) is 34.2 Å². The van der Waals surface area contributed by atoms with Crippen LogP contribution in [0.1, 0.15) is 26.8 Å². The topological polar surface area (TPSA) is 85.8 Å². The predicted octanol–water partition coefficient (Wildman–Crippen LogP) is 1.24. The molecule has 1 rings (SSSR count). The van der Waals surface area contributed by atoms with Crippen molar-refractivity contribution in [1.82, 2.24) is 20.1 Å². The fourth-order valence-electron chi connectivity index (χ4n) is 1.74. The molecule has 0 aliphatic rings. The Hall–Kier alpha value is -1.67. The Morgan fingerprint density at radius 3 is 2.48 bits per heavy atom. The van der Waals surface area contributed by atoms with Crippen LogP contribution in [0.4, 0.5) is 4.79 Å². The van der Waals surface area contributed by atoms with Crippen molar-refractivity contribution < 1.29 is 14.7 Å². The van der Waals surface area contributed by atoms with Gasteiger partial charge in [-0.25, -0.2) is 14.6 Å². The van der Waals surface area contributed by atoms with Crippen LogP contribution in [0.3, 0.4) is 0 Å². The minimum atomic E-state index is -0.983. The number of rotatable bonds is 7. The average Bonchev–Trinajstić information content (AvgIpc) is 2.76. The number of amides is 2. The summed E-state index contributed by atoms with van der Waals surface area (Å²) < 4.78 is 0. The van der Waals surface area contributed by atoms with Gasteiger partial charge in [-0.2, -0.15) is 0 Å². The molecule has 118 valence electrons. The summed E-state index contributed by atoms with van der Waals surface area (Å²) in [6.07, 6.45) is 0.899. The van der Waals surface area contributed by atoms with Crippen LogP contribution in [0, 0.1) is 6.92 Å². The van der Waals surface area contributed by atoms with Gasteiger partial charge in [0, 0.05) is 13.6 Å². The van der Waals surface area contributed by atoms with Crippen molar-refractivity contribution in [1.29, 1.82) is 0 Å². The molecule has 0 saturated carbocycles. The van der Waals surface area contributed by atoms with Crippen LogP contribution in [-0.4, -0.2) is 66.1 Å². The van der Waals surface area contributed by atoms with Crippen molar-refractivity contribution in [3.63, 3.8) is 0 Å². The molecular formula is C13H22N4O3S. The lowest BCUT2D eigenvalue weighted by molar-refractivity contribution is 0.0701. The number of thiazole rings is 1. The molecule has 0 bridgehead atoms. The zero-order chi connectivity index (χ0) is 16.0. The largest absolute Gasteiger partial charge is 0.477 e. The molecule has 0 aliphatic heterocycles. The first-order chi connectivity index (χ1) is 9.81. The van der Waals surface area contributed by atoms with Crippen LogP contribution >= 0.6 is 11.3 Å². The molecule has 0 aromatic carbocycles. The molecule has 0 atom stereocenters. The standard InChI is InChI=1S/C13H22N4O3S/c1-9-11(12(18)19)21-10(15-9)8-14-13(20)17(4)7-5-6-16(2)3/h5-8H2,1-4H3,(H,14,20)(H,18,19). The number of carboxylic acids is 1. The van der Waals surface area contributed by atoms with Crippen molar-refractivity contribution in [3.8, 4) is 0 Å². The van der Waals surface area contributed by atoms with E-state index in [1.165, 1.54) is 0 Å². The molecule has 0 aliphatic carbocycles. The molecule has 7 nitrogen and oxygen atoms in total. The van der Waals surface area contributed by atoms with Gasteiger partial charge in [0.15, 0.2) is 0 Å². The maximum absolute atomic E-state index is 11.9. The molecule has 0 fully saturated rings. The highest BCUT2D eigenvalue weighted by Gasteiger charge is 2.15. The number of hydrogen-bond acceptors (Lipinski definition) is 5. The number of aromatic carboxylic acids is 1. The van der Waals surface area contributed by atoms with Crippen LogP contribution in [0.15, 0.2) is 0 Å². The fraction of sp³-hybridized carbons (Fsp3) is 0.615. The zero-order valence-corrected chi connectivity index (χ0v) is 13.7. The van der Waals surface area contributed by atoms with E-state index in [4.69, 9.17) is 5.11 Å². The highest BCUT2D eigenvalue weighted by Crippen LogP contribution is 2.17. The quantitative estimate of drug-likeness (QED) is 0.791. The second-order valence-electron chi connectivity index (χ2n) is 5.06.